The molecule has 0 amide bonds. The molecule has 2 heteroatoms. The normalized spacial score (nSPS) is 12.9. The van der Waals surface area contributed by atoms with Gasteiger partial charge in [-0.3, -0.25) is 0 Å². The maximum absolute atomic E-state index is 2.50. The minimum atomic E-state index is -0.459. The molecule has 2 nitrogen and oxygen atoms in total. The molecule has 63 heavy (non-hydrogen) atoms. The first-order valence-electron chi connectivity index (χ1n) is 21.8. The summed E-state index contributed by atoms with van der Waals surface area (Å²) < 4.78 is 2.47. The molecule has 0 radical (unpaired) electrons. The molecule has 1 heterocycles. The molecule has 0 saturated heterocycles. The van der Waals surface area contributed by atoms with Gasteiger partial charge in [0.05, 0.1) is 22.1 Å². The fourth-order valence-corrected chi connectivity index (χ4v) is 11.0. The summed E-state index contributed by atoms with van der Waals surface area (Å²) in [5.74, 6) is 0. The lowest BCUT2D eigenvalue weighted by atomic mass is 9.70. The fraction of sp³-hybridized carbons (Fsp3) is 0.0164. The quantitative estimate of drug-likeness (QED) is 0.163. The van der Waals surface area contributed by atoms with Gasteiger partial charge in [-0.25, -0.2) is 0 Å². The van der Waals surface area contributed by atoms with Crippen LogP contribution in [-0.2, 0) is 5.41 Å². The van der Waals surface area contributed by atoms with E-state index in [1.54, 1.807) is 0 Å². The average Bonchev–Trinajstić information content (AvgIpc) is 3.97. The molecule has 0 N–H and O–H groups in total. The lowest BCUT2D eigenvalue weighted by molar-refractivity contribution is 0.793. The zero-order valence-corrected chi connectivity index (χ0v) is 34.5. The molecule has 10 aromatic carbocycles. The van der Waals surface area contributed by atoms with Crippen LogP contribution in [0.15, 0.2) is 243 Å². The average molecular weight is 801 g/mol. The standard InChI is InChI=1S/C61H40N2/c1-3-16-41(17-4-1)43-30-34-45(35-31-43)62(59-29-15-24-53-52-23-10-14-28-58(52)63(60(53)59)46-36-32-44(33-37-46)42-18-5-2-6-19-42)47-38-39-51-50-22-9-13-27-56(50)61(57(51)40-47)54-25-11-7-20-48(54)49-21-8-12-26-55(49)61/h1-40H. The minimum absolute atomic E-state index is 0.459. The van der Waals surface area contributed by atoms with Crippen LogP contribution in [0.4, 0.5) is 17.1 Å². The maximum atomic E-state index is 2.50. The van der Waals surface area contributed by atoms with Crippen molar-refractivity contribution in [2.75, 3.05) is 4.90 Å². The summed E-state index contributed by atoms with van der Waals surface area (Å²) in [4.78, 5) is 2.49. The summed E-state index contributed by atoms with van der Waals surface area (Å²) in [5, 5.41) is 2.44. The Hall–Kier alpha value is -8.20. The first-order valence-corrected chi connectivity index (χ1v) is 21.8. The van der Waals surface area contributed by atoms with E-state index in [1.165, 1.54) is 83.1 Å². The number of rotatable bonds is 6. The van der Waals surface area contributed by atoms with E-state index in [0.29, 0.717) is 0 Å². The lowest BCUT2D eigenvalue weighted by Crippen LogP contribution is -2.26. The predicted molar refractivity (Wildman–Crippen MR) is 263 cm³/mol. The molecule has 0 unspecified atom stereocenters. The highest BCUT2D eigenvalue weighted by Gasteiger charge is 2.51. The van der Waals surface area contributed by atoms with Gasteiger partial charge in [0.1, 0.15) is 0 Å². The molecule has 2 aliphatic carbocycles. The molecule has 13 rings (SSSR count). The highest BCUT2D eigenvalue weighted by molar-refractivity contribution is 6.14. The molecule has 0 bridgehead atoms. The van der Waals surface area contributed by atoms with Crippen molar-refractivity contribution in [2.45, 2.75) is 5.41 Å². The van der Waals surface area contributed by atoms with Gasteiger partial charge in [-0.05, 0) is 115 Å². The van der Waals surface area contributed by atoms with Gasteiger partial charge in [0, 0.05) is 27.8 Å². The van der Waals surface area contributed by atoms with Crippen molar-refractivity contribution >= 4 is 38.9 Å². The van der Waals surface area contributed by atoms with Gasteiger partial charge < -0.3 is 9.47 Å². The van der Waals surface area contributed by atoms with Gasteiger partial charge in [0.25, 0.3) is 0 Å². The smallest absolute Gasteiger partial charge is 0.0782 e. The Labute approximate surface area is 367 Å². The number of hydrogen-bond donors (Lipinski definition) is 0. The van der Waals surface area contributed by atoms with Gasteiger partial charge in [0.15, 0.2) is 0 Å². The summed E-state index contributed by atoms with van der Waals surface area (Å²) in [5.41, 5.74) is 21.6. The number of benzene rings is 10. The third-order valence-corrected chi connectivity index (χ3v) is 13.6. The van der Waals surface area contributed by atoms with Crippen molar-refractivity contribution in [1.29, 1.82) is 0 Å². The van der Waals surface area contributed by atoms with Gasteiger partial charge >= 0.3 is 0 Å². The Kier molecular flexibility index (Phi) is 7.85. The molecule has 1 spiro atoms. The van der Waals surface area contributed by atoms with Crippen molar-refractivity contribution in [3.8, 4) is 50.2 Å². The topological polar surface area (TPSA) is 8.17 Å². The Morgan fingerprint density at radius 1 is 0.317 bits per heavy atom. The van der Waals surface area contributed by atoms with Gasteiger partial charge in [-0.2, -0.15) is 0 Å². The van der Waals surface area contributed by atoms with E-state index < -0.39 is 5.41 Å². The van der Waals surface area contributed by atoms with Gasteiger partial charge in [0.2, 0.25) is 0 Å². The van der Waals surface area contributed by atoms with Gasteiger partial charge in [-0.15, -0.1) is 0 Å². The Balaban J connectivity index is 1.08. The molecule has 0 saturated carbocycles. The third kappa shape index (κ3) is 5.19. The number of nitrogens with zero attached hydrogens (tertiary/aromatic N) is 2. The van der Waals surface area contributed by atoms with Crippen LogP contribution in [0.5, 0.6) is 0 Å². The monoisotopic (exact) mass is 800 g/mol. The molecular formula is C61H40N2. The molecule has 0 atom stereocenters. The van der Waals surface area contributed by atoms with Crippen LogP contribution in [0.1, 0.15) is 22.3 Å². The Morgan fingerprint density at radius 2 is 0.778 bits per heavy atom. The van der Waals surface area contributed by atoms with Gasteiger partial charge in [-0.1, -0.05) is 194 Å². The second-order valence-corrected chi connectivity index (χ2v) is 16.8. The van der Waals surface area contributed by atoms with Crippen molar-refractivity contribution in [3.63, 3.8) is 0 Å². The van der Waals surface area contributed by atoms with E-state index >= 15 is 0 Å². The van der Waals surface area contributed by atoms with Crippen LogP contribution in [0, 0.1) is 0 Å². The number of anilines is 3. The van der Waals surface area contributed by atoms with Crippen LogP contribution < -0.4 is 4.90 Å². The molecule has 1 aromatic heterocycles. The largest absolute Gasteiger partial charge is 0.308 e. The molecule has 2 aliphatic rings. The van der Waals surface area contributed by atoms with Crippen LogP contribution in [0.2, 0.25) is 0 Å². The highest BCUT2D eigenvalue weighted by atomic mass is 15.2. The van der Waals surface area contributed by atoms with E-state index in [4.69, 9.17) is 0 Å². The summed E-state index contributed by atoms with van der Waals surface area (Å²) in [6, 6.07) is 89.5. The van der Waals surface area contributed by atoms with Crippen LogP contribution in [-0.4, -0.2) is 4.57 Å². The zero-order valence-electron chi connectivity index (χ0n) is 34.5. The van der Waals surface area contributed by atoms with Crippen molar-refractivity contribution in [2.24, 2.45) is 0 Å². The van der Waals surface area contributed by atoms with Crippen molar-refractivity contribution in [3.05, 3.63) is 265 Å². The van der Waals surface area contributed by atoms with Crippen LogP contribution in [0.25, 0.3) is 72.0 Å². The molecular weight excluding hydrogens is 761 g/mol. The van der Waals surface area contributed by atoms with E-state index in [2.05, 4.69) is 252 Å². The summed E-state index contributed by atoms with van der Waals surface area (Å²) >= 11 is 0. The van der Waals surface area contributed by atoms with E-state index in [9.17, 15) is 0 Å². The first-order chi connectivity index (χ1) is 31.3. The zero-order chi connectivity index (χ0) is 41.5. The number of aromatic nitrogens is 1. The molecule has 0 fully saturated rings. The Bertz CT molecular complexity index is 3480. The summed E-state index contributed by atoms with van der Waals surface area (Å²) in [6.07, 6.45) is 0. The number of para-hydroxylation sites is 2. The minimum Gasteiger partial charge on any atom is -0.308 e. The summed E-state index contributed by atoms with van der Waals surface area (Å²) in [6.45, 7) is 0. The third-order valence-electron chi connectivity index (χ3n) is 13.6. The van der Waals surface area contributed by atoms with Crippen LogP contribution in [0.3, 0.4) is 0 Å². The second kappa shape index (κ2) is 13.9. The fourth-order valence-electron chi connectivity index (χ4n) is 11.0. The SMILES string of the molecule is c1ccc(-c2ccc(N(c3ccc4c(c3)C3(c5ccccc5-c5ccccc53)c3ccccc3-4)c3cccc4c5ccccc5n(-c5ccc(-c6ccccc6)cc5)c34)cc2)cc1. The van der Waals surface area contributed by atoms with E-state index in [1.807, 2.05) is 0 Å². The first kappa shape index (κ1) is 35.5. The predicted octanol–water partition coefficient (Wildman–Crippen LogP) is 15.9. The van der Waals surface area contributed by atoms with Crippen molar-refractivity contribution in [1.82, 2.24) is 4.57 Å². The summed E-state index contributed by atoms with van der Waals surface area (Å²) in [7, 11) is 0. The Morgan fingerprint density at radius 3 is 1.38 bits per heavy atom. The number of fused-ring (bicyclic) bond motifs is 13. The lowest BCUT2D eigenvalue weighted by Gasteiger charge is -2.32. The number of hydrogen-bond acceptors (Lipinski definition) is 1. The molecule has 294 valence electrons. The second-order valence-electron chi connectivity index (χ2n) is 16.8. The van der Waals surface area contributed by atoms with Crippen LogP contribution >= 0.6 is 0 Å². The molecule has 0 aliphatic heterocycles. The van der Waals surface area contributed by atoms with E-state index in [0.717, 1.165) is 28.3 Å². The maximum Gasteiger partial charge on any atom is 0.0782 e. The highest BCUT2D eigenvalue weighted by Crippen LogP contribution is 2.63. The van der Waals surface area contributed by atoms with E-state index in [-0.39, 0.29) is 0 Å². The van der Waals surface area contributed by atoms with Crippen molar-refractivity contribution < 1.29 is 0 Å². The molecule has 11 aromatic rings.